The average Bonchev–Trinajstić information content (AvgIpc) is 2.60. The van der Waals surface area contributed by atoms with E-state index in [4.69, 9.17) is 27.9 Å². The Bertz CT molecular complexity index is 855. The van der Waals surface area contributed by atoms with Crippen LogP contribution in [0, 0.1) is 0 Å². The molecule has 0 spiro atoms. The molecule has 0 saturated carbocycles. The minimum absolute atomic E-state index is 0.289. The Morgan fingerprint density at radius 1 is 1.08 bits per heavy atom. The smallest absolute Gasteiger partial charge is 0.257 e. The van der Waals surface area contributed by atoms with E-state index in [-0.39, 0.29) is 5.91 Å². The number of hydrogen-bond donors (Lipinski definition) is 1. The molecule has 2 heterocycles. The Morgan fingerprint density at radius 2 is 1.96 bits per heavy atom. The fourth-order valence-corrected chi connectivity index (χ4v) is 2.20. The van der Waals surface area contributed by atoms with E-state index in [0.717, 1.165) is 0 Å². The van der Waals surface area contributed by atoms with E-state index in [2.05, 4.69) is 15.3 Å². The van der Waals surface area contributed by atoms with Crippen LogP contribution in [0.4, 0.5) is 5.69 Å². The quantitative estimate of drug-likeness (QED) is 0.724. The topological polar surface area (TPSA) is 64.1 Å². The number of amides is 1. The largest absolute Gasteiger partial charge is 0.437 e. The molecule has 120 valence electrons. The number of ether oxygens (including phenoxy) is 1. The molecule has 2 aromatic heterocycles. The number of benzene rings is 1. The number of carbonyl (C=O) groups excluding carboxylic acids is 1. The van der Waals surface area contributed by atoms with E-state index in [1.807, 2.05) is 0 Å². The molecule has 5 nitrogen and oxygen atoms in total. The van der Waals surface area contributed by atoms with E-state index in [0.29, 0.717) is 32.9 Å². The van der Waals surface area contributed by atoms with E-state index in [9.17, 15) is 4.79 Å². The Morgan fingerprint density at radius 3 is 2.67 bits per heavy atom. The highest BCUT2D eigenvalue weighted by Gasteiger charge is 2.09. The molecule has 3 rings (SSSR count). The molecule has 1 N–H and O–H groups in total. The molecule has 0 bridgehead atoms. The fraction of sp³-hybridized carbons (Fsp3) is 0. The number of nitrogens with one attached hydrogen (secondary N) is 1. The molecule has 3 aromatic rings. The minimum Gasteiger partial charge on any atom is -0.437 e. The monoisotopic (exact) mass is 359 g/mol. The lowest BCUT2D eigenvalue weighted by atomic mass is 10.2. The summed E-state index contributed by atoms with van der Waals surface area (Å²) in [5, 5.41) is 3.64. The summed E-state index contributed by atoms with van der Waals surface area (Å²) in [6.07, 6.45) is 4.60. The molecule has 0 saturated heterocycles. The van der Waals surface area contributed by atoms with Crippen molar-refractivity contribution < 1.29 is 9.53 Å². The van der Waals surface area contributed by atoms with Gasteiger partial charge in [0.2, 0.25) is 5.88 Å². The molecular weight excluding hydrogens is 349 g/mol. The van der Waals surface area contributed by atoms with Gasteiger partial charge in [0.05, 0.1) is 22.5 Å². The van der Waals surface area contributed by atoms with Gasteiger partial charge in [-0.25, -0.2) is 4.98 Å². The summed E-state index contributed by atoms with van der Waals surface area (Å²) < 4.78 is 5.57. The zero-order valence-corrected chi connectivity index (χ0v) is 13.8. The van der Waals surface area contributed by atoms with Gasteiger partial charge < -0.3 is 10.1 Å². The third-order valence-corrected chi connectivity index (χ3v) is 3.57. The Kier molecular flexibility index (Phi) is 4.93. The van der Waals surface area contributed by atoms with Gasteiger partial charge >= 0.3 is 0 Å². The molecule has 0 fully saturated rings. The number of hydrogen-bond acceptors (Lipinski definition) is 4. The lowest BCUT2D eigenvalue weighted by molar-refractivity contribution is 0.102. The minimum atomic E-state index is -0.289. The van der Waals surface area contributed by atoms with Crippen molar-refractivity contribution in [1.29, 1.82) is 0 Å². The van der Waals surface area contributed by atoms with Gasteiger partial charge in [-0.2, -0.15) is 0 Å². The Balaban J connectivity index is 1.71. The van der Waals surface area contributed by atoms with Crippen molar-refractivity contribution in [3.05, 3.63) is 76.7 Å². The highest BCUT2D eigenvalue weighted by atomic mass is 35.5. The first-order chi connectivity index (χ1) is 11.6. The number of halogens is 2. The SMILES string of the molecule is O=C(Nc1cccnc1)c1ccc(Oc2cc(Cl)ccc2Cl)nc1. The van der Waals surface area contributed by atoms with Crippen LogP contribution in [-0.2, 0) is 0 Å². The lowest BCUT2D eigenvalue weighted by Crippen LogP contribution is -2.12. The maximum atomic E-state index is 12.1. The maximum absolute atomic E-state index is 12.1. The molecular formula is C17H11Cl2N3O2. The number of pyridine rings is 2. The van der Waals surface area contributed by atoms with Gasteiger partial charge in [-0.15, -0.1) is 0 Å². The molecule has 0 aliphatic carbocycles. The molecule has 1 amide bonds. The van der Waals surface area contributed by atoms with Crippen molar-refractivity contribution in [1.82, 2.24) is 9.97 Å². The van der Waals surface area contributed by atoms with E-state index >= 15 is 0 Å². The van der Waals surface area contributed by atoms with Crippen LogP contribution in [0.15, 0.2) is 61.1 Å². The van der Waals surface area contributed by atoms with Crippen LogP contribution in [-0.4, -0.2) is 15.9 Å². The van der Waals surface area contributed by atoms with Gasteiger partial charge in [-0.3, -0.25) is 9.78 Å². The van der Waals surface area contributed by atoms with Gasteiger partial charge in [-0.05, 0) is 30.3 Å². The van der Waals surface area contributed by atoms with Crippen molar-refractivity contribution >= 4 is 34.8 Å². The van der Waals surface area contributed by atoms with Crippen molar-refractivity contribution in [3.8, 4) is 11.6 Å². The van der Waals surface area contributed by atoms with Crippen molar-refractivity contribution in [2.75, 3.05) is 5.32 Å². The van der Waals surface area contributed by atoms with Crippen LogP contribution < -0.4 is 10.1 Å². The molecule has 0 aliphatic rings. The molecule has 0 radical (unpaired) electrons. The van der Waals surface area contributed by atoms with Crippen LogP contribution in [0.1, 0.15) is 10.4 Å². The number of anilines is 1. The normalized spacial score (nSPS) is 10.2. The predicted molar refractivity (Wildman–Crippen MR) is 93.0 cm³/mol. The second-order valence-corrected chi connectivity index (χ2v) is 5.60. The van der Waals surface area contributed by atoms with Gasteiger partial charge in [0.25, 0.3) is 5.91 Å². The fourth-order valence-electron chi connectivity index (χ4n) is 1.88. The van der Waals surface area contributed by atoms with Gasteiger partial charge in [0.15, 0.2) is 0 Å². The molecule has 7 heteroatoms. The molecule has 1 aromatic carbocycles. The molecule has 24 heavy (non-hydrogen) atoms. The van der Waals surface area contributed by atoms with Gasteiger partial charge in [0.1, 0.15) is 5.75 Å². The molecule has 0 atom stereocenters. The van der Waals surface area contributed by atoms with E-state index < -0.39 is 0 Å². The summed E-state index contributed by atoms with van der Waals surface area (Å²) in [7, 11) is 0. The third-order valence-electron chi connectivity index (χ3n) is 3.03. The number of aromatic nitrogens is 2. The van der Waals surface area contributed by atoms with E-state index in [1.165, 1.54) is 6.20 Å². The maximum Gasteiger partial charge on any atom is 0.257 e. The van der Waals surface area contributed by atoms with Crippen molar-refractivity contribution in [2.24, 2.45) is 0 Å². The lowest BCUT2D eigenvalue weighted by Gasteiger charge is -2.08. The van der Waals surface area contributed by atoms with Crippen LogP contribution in [0.2, 0.25) is 10.0 Å². The highest BCUT2D eigenvalue weighted by Crippen LogP contribution is 2.31. The van der Waals surface area contributed by atoms with Gasteiger partial charge in [0, 0.05) is 29.5 Å². The summed E-state index contributed by atoms with van der Waals surface area (Å²) in [6.45, 7) is 0. The van der Waals surface area contributed by atoms with Crippen molar-refractivity contribution in [3.63, 3.8) is 0 Å². The average molecular weight is 360 g/mol. The van der Waals surface area contributed by atoms with Crippen LogP contribution >= 0.6 is 23.2 Å². The zero-order chi connectivity index (χ0) is 16.9. The Hall–Kier alpha value is -2.63. The summed E-state index contributed by atoms with van der Waals surface area (Å²) in [5.41, 5.74) is 0.997. The molecule has 0 unspecified atom stereocenters. The zero-order valence-electron chi connectivity index (χ0n) is 12.2. The van der Waals surface area contributed by atoms with Crippen LogP contribution in [0.5, 0.6) is 11.6 Å². The van der Waals surface area contributed by atoms with Crippen LogP contribution in [0.25, 0.3) is 0 Å². The second-order valence-electron chi connectivity index (χ2n) is 4.76. The highest BCUT2D eigenvalue weighted by molar-refractivity contribution is 6.34. The summed E-state index contributed by atoms with van der Waals surface area (Å²) >= 11 is 11.9. The van der Waals surface area contributed by atoms with E-state index in [1.54, 1.807) is 54.9 Å². The number of rotatable bonds is 4. The third kappa shape index (κ3) is 4.01. The molecule has 0 aliphatic heterocycles. The summed E-state index contributed by atoms with van der Waals surface area (Å²) in [6, 6.07) is 11.6. The second kappa shape index (κ2) is 7.29. The standard InChI is InChI=1S/C17H11Cl2N3O2/c18-12-4-5-14(19)15(8-12)24-16-6-3-11(9-21-16)17(23)22-13-2-1-7-20-10-13/h1-10H,(H,22,23). The predicted octanol–water partition coefficient (Wildman–Crippen LogP) is 4.83. The number of carbonyl (C=O) groups is 1. The number of nitrogens with zero attached hydrogens (tertiary/aromatic N) is 2. The first-order valence-corrected chi connectivity index (χ1v) is 7.68. The van der Waals surface area contributed by atoms with Crippen LogP contribution in [0.3, 0.4) is 0 Å². The van der Waals surface area contributed by atoms with Crippen molar-refractivity contribution in [2.45, 2.75) is 0 Å². The summed E-state index contributed by atoms with van der Waals surface area (Å²) in [4.78, 5) is 20.2. The first-order valence-electron chi connectivity index (χ1n) is 6.92. The first kappa shape index (κ1) is 16.2. The Labute approximate surface area is 148 Å². The summed E-state index contributed by atoms with van der Waals surface area (Å²) in [5.74, 6) is 0.407. The van der Waals surface area contributed by atoms with Gasteiger partial charge in [-0.1, -0.05) is 23.2 Å².